The largest absolute Gasteiger partial charge is 0.494 e. The number of nitrogens with zero attached hydrogens (tertiary/aromatic N) is 3. The van der Waals surface area contributed by atoms with Crippen molar-refractivity contribution in [2.45, 2.75) is 19.9 Å². The number of rotatable bonds is 8. The van der Waals surface area contributed by atoms with E-state index in [0.717, 1.165) is 36.9 Å². The molecule has 0 fully saturated rings. The lowest BCUT2D eigenvalue weighted by molar-refractivity contribution is 0.311. The van der Waals surface area contributed by atoms with Crippen LogP contribution in [0.25, 0.3) is 0 Å². The van der Waals surface area contributed by atoms with Gasteiger partial charge < -0.3 is 15.4 Å². The van der Waals surface area contributed by atoms with Crippen LogP contribution in [0.1, 0.15) is 19.0 Å². The quantitative estimate of drug-likeness (QED) is 0.444. The van der Waals surface area contributed by atoms with Gasteiger partial charge in [-0.2, -0.15) is 5.10 Å². The summed E-state index contributed by atoms with van der Waals surface area (Å²) >= 11 is 0. The predicted octanol–water partition coefficient (Wildman–Crippen LogP) is 1.94. The summed E-state index contributed by atoms with van der Waals surface area (Å²) in [5, 5.41) is 10.7. The van der Waals surface area contributed by atoms with Crippen molar-refractivity contribution in [3.8, 4) is 5.75 Å². The lowest BCUT2D eigenvalue weighted by atomic mass is 10.3. The standard InChI is InChI=1S/C17H25N5O/c1-3-18-17(20-14-15-10-12-21-22(15)2)19-11-7-13-23-16-8-5-4-6-9-16/h4-6,8-10,12H,3,7,11,13-14H2,1-2H3,(H2,18,19,20). The smallest absolute Gasteiger partial charge is 0.191 e. The molecule has 0 atom stereocenters. The molecule has 2 N–H and O–H groups in total. The van der Waals surface area contributed by atoms with E-state index < -0.39 is 0 Å². The Hall–Kier alpha value is -2.50. The summed E-state index contributed by atoms with van der Waals surface area (Å²) in [5.41, 5.74) is 1.08. The summed E-state index contributed by atoms with van der Waals surface area (Å²) < 4.78 is 7.50. The molecule has 0 bridgehead atoms. The zero-order valence-corrected chi connectivity index (χ0v) is 13.8. The molecule has 23 heavy (non-hydrogen) atoms. The van der Waals surface area contributed by atoms with E-state index in [1.54, 1.807) is 6.20 Å². The summed E-state index contributed by atoms with van der Waals surface area (Å²) in [7, 11) is 1.92. The molecule has 0 unspecified atom stereocenters. The van der Waals surface area contributed by atoms with E-state index in [1.165, 1.54) is 0 Å². The molecule has 0 spiro atoms. The number of aliphatic imine (C=N–C) groups is 1. The topological polar surface area (TPSA) is 63.5 Å². The van der Waals surface area contributed by atoms with Crippen LogP contribution >= 0.6 is 0 Å². The first-order valence-corrected chi connectivity index (χ1v) is 7.96. The van der Waals surface area contributed by atoms with Crippen LogP contribution in [0.4, 0.5) is 0 Å². The van der Waals surface area contributed by atoms with Crippen LogP contribution in [0.2, 0.25) is 0 Å². The van der Waals surface area contributed by atoms with Gasteiger partial charge in [-0.3, -0.25) is 4.68 Å². The molecular weight excluding hydrogens is 290 g/mol. The fourth-order valence-electron chi connectivity index (χ4n) is 2.04. The SMILES string of the molecule is CCNC(=NCc1ccnn1C)NCCCOc1ccccc1. The molecule has 124 valence electrons. The average molecular weight is 315 g/mol. The Balaban J connectivity index is 1.70. The first-order valence-electron chi connectivity index (χ1n) is 7.96. The van der Waals surface area contributed by atoms with Gasteiger partial charge in [0.25, 0.3) is 0 Å². The highest BCUT2D eigenvalue weighted by atomic mass is 16.5. The molecule has 0 aliphatic heterocycles. The van der Waals surface area contributed by atoms with Crippen molar-refractivity contribution in [2.75, 3.05) is 19.7 Å². The number of benzene rings is 1. The third-order valence-electron chi connectivity index (χ3n) is 3.29. The number of ether oxygens (including phenoxy) is 1. The molecule has 1 heterocycles. The molecule has 1 aromatic heterocycles. The van der Waals surface area contributed by atoms with Gasteiger partial charge in [-0.1, -0.05) is 18.2 Å². The maximum Gasteiger partial charge on any atom is 0.191 e. The number of aromatic nitrogens is 2. The summed E-state index contributed by atoms with van der Waals surface area (Å²) in [6, 6.07) is 11.8. The van der Waals surface area contributed by atoms with Gasteiger partial charge in [0.05, 0.1) is 18.8 Å². The Labute approximate surface area is 137 Å². The summed E-state index contributed by atoms with van der Waals surface area (Å²) in [6.07, 6.45) is 2.69. The van der Waals surface area contributed by atoms with Crippen molar-refractivity contribution in [3.05, 3.63) is 48.3 Å². The zero-order chi connectivity index (χ0) is 16.3. The van der Waals surface area contributed by atoms with E-state index in [4.69, 9.17) is 4.74 Å². The predicted molar refractivity (Wildman–Crippen MR) is 92.6 cm³/mol. The monoisotopic (exact) mass is 315 g/mol. The summed E-state index contributed by atoms with van der Waals surface area (Å²) in [4.78, 5) is 4.57. The minimum atomic E-state index is 0.604. The second-order valence-electron chi connectivity index (χ2n) is 5.08. The Morgan fingerprint density at radius 2 is 2.04 bits per heavy atom. The fraction of sp³-hybridized carbons (Fsp3) is 0.412. The number of aryl methyl sites for hydroxylation is 1. The van der Waals surface area contributed by atoms with Crippen LogP contribution in [0, 0.1) is 0 Å². The first kappa shape index (κ1) is 16.9. The third-order valence-corrected chi connectivity index (χ3v) is 3.29. The Bertz CT molecular complexity index is 594. The molecule has 2 aromatic rings. The van der Waals surface area contributed by atoms with E-state index in [9.17, 15) is 0 Å². The highest BCUT2D eigenvalue weighted by Crippen LogP contribution is 2.08. The fourth-order valence-corrected chi connectivity index (χ4v) is 2.04. The van der Waals surface area contributed by atoms with Crippen LogP contribution in [-0.2, 0) is 13.6 Å². The van der Waals surface area contributed by atoms with E-state index in [1.807, 2.05) is 48.1 Å². The van der Waals surface area contributed by atoms with Crippen LogP contribution in [0.5, 0.6) is 5.75 Å². The number of hydrogen-bond donors (Lipinski definition) is 2. The van der Waals surface area contributed by atoms with Crippen molar-refractivity contribution >= 4 is 5.96 Å². The molecule has 2 rings (SSSR count). The highest BCUT2D eigenvalue weighted by Gasteiger charge is 2.00. The van der Waals surface area contributed by atoms with Gasteiger partial charge in [-0.05, 0) is 31.5 Å². The molecule has 6 nitrogen and oxygen atoms in total. The second kappa shape index (κ2) is 9.50. The number of hydrogen-bond acceptors (Lipinski definition) is 3. The van der Waals surface area contributed by atoms with E-state index in [-0.39, 0.29) is 0 Å². The maximum absolute atomic E-state index is 5.67. The highest BCUT2D eigenvalue weighted by molar-refractivity contribution is 5.79. The second-order valence-corrected chi connectivity index (χ2v) is 5.08. The Morgan fingerprint density at radius 3 is 2.74 bits per heavy atom. The normalized spacial score (nSPS) is 11.3. The number of para-hydroxylation sites is 1. The Kier molecular flexibility index (Phi) is 6.97. The van der Waals surface area contributed by atoms with E-state index in [2.05, 4.69) is 27.6 Å². The lowest BCUT2D eigenvalue weighted by Crippen LogP contribution is -2.38. The average Bonchev–Trinajstić information content (AvgIpc) is 2.98. The molecule has 6 heteroatoms. The van der Waals surface area contributed by atoms with Gasteiger partial charge in [-0.15, -0.1) is 0 Å². The molecule has 0 saturated carbocycles. The minimum absolute atomic E-state index is 0.604. The van der Waals surface area contributed by atoms with Gasteiger partial charge in [0.15, 0.2) is 5.96 Å². The van der Waals surface area contributed by atoms with E-state index >= 15 is 0 Å². The van der Waals surface area contributed by atoms with Crippen LogP contribution in [0.3, 0.4) is 0 Å². The molecule has 0 saturated heterocycles. The van der Waals surface area contributed by atoms with Crippen LogP contribution < -0.4 is 15.4 Å². The first-order chi connectivity index (χ1) is 11.3. The van der Waals surface area contributed by atoms with Gasteiger partial charge in [0.2, 0.25) is 0 Å². The minimum Gasteiger partial charge on any atom is -0.494 e. The Morgan fingerprint density at radius 1 is 1.22 bits per heavy atom. The van der Waals surface area contributed by atoms with Gasteiger partial charge in [0, 0.05) is 26.3 Å². The molecular formula is C17H25N5O. The number of nitrogens with one attached hydrogen (secondary N) is 2. The molecule has 0 aliphatic carbocycles. The summed E-state index contributed by atoms with van der Waals surface area (Å²) in [5.74, 6) is 1.72. The van der Waals surface area contributed by atoms with Crippen molar-refractivity contribution in [1.82, 2.24) is 20.4 Å². The van der Waals surface area contributed by atoms with Gasteiger partial charge >= 0.3 is 0 Å². The van der Waals surface area contributed by atoms with Crippen molar-refractivity contribution in [1.29, 1.82) is 0 Å². The van der Waals surface area contributed by atoms with Crippen molar-refractivity contribution in [2.24, 2.45) is 12.0 Å². The third kappa shape index (κ3) is 6.02. The van der Waals surface area contributed by atoms with Crippen LogP contribution in [-0.4, -0.2) is 35.4 Å². The van der Waals surface area contributed by atoms with Crippen molar-refractivity contribution in [3.63, 3.8) is 0 Å². The van der Waals surface area contributed by atoms with Crippen LogP contribution in [0.15, 0.2) is 47.6 Å². The molecule has 1 aromatic carbocycles. The summed E-state index contributed by atoms with van der Waals surface area (Å²) in [6.45, 7) is 4.98. The zero-order valence-electron chi connectivity index (χ0n) is 13.8. The maximum atomic E-state index is 5.67. The van der Waals surface area contributed by atoms with Gasteiger partial charge in [0.1, 0.15) is 5.75 Å². The molecule has 0 aliphatic rings. The van der Waals surface area contributed by atoms with Gasteiger partial charge in [-0.25, -0.2) is 4.99 Å². The van der Waals surface area contributed by atoms with Crippen molar-refractivity contribution < 1.29 is 4.74 Å². The molecule has 0 amide bonds. The molecule has 0 radical (unpaired) electrons. The van der Waals surface area contributed by atoms with E-state index in [0.29, 0.717) is 13.2 Å². The lowest BCUT2D eigenvalue weighted by Gasteiger charge is -2.11. The number of guanidine groups is 1.